The average Bonchev–Trinajstić information content (AvgIpc) is 2.31. The molecule has 4 nitrogen and oxygen atoms in total. The molecule has 100 valence electrons. The Labute approximate surface area is 108 Å². The molecule has 1 unspecified atom stereocenters. The highest BCUT2D eigenvalue weighted by molar-refractivity contribution is 7.91. The van der Waals surface area contributed by atoms with Crippen molar-refractivity contribution in [2.24, 2.45) is 0 Å². The van der Waals surface area contributed by atoms with Crippen LogP contribution in [0.2, 0.25) is 0 Å². The zero-order valence-electron chi connectivity index (χ0n) is 10.5. The number of aliphatic hydroxyl groups excluding tert-OH is 1. The van der Waals surface area contributed by atoms with E-state index in [9.17, 15) is 13.5 Å². The summed E-state index contributed by atoms with van der Waals surface area (Å²) in [6.07, 6.45) is 1.28. The fourth-order valence-electron chi connectivity index (χ4n) is 2.40. The lowest BCUT2D eigenvalue weighted by atomic mass is 9.96. The molecule has 1 aromatic carbocycles. The number of nitrogens with one attached hydrogen (secondary N) is 1. The van der Waals surface area contributed by atoms with E-state index >= 15 is 0 Å². The van der Waals surface area contributed by atoms with Crippen molar-refractivity contribution >= 4 is 15.5 Å². The monoisotopic (exact) mass is 269 g/mol. The topological polar surface area (TPSA) is 66.4 Å². The smallest absolute Gasteiger partial charge is 0.152 e. The van der Waals surface area contributed by atoms with Gasteiger partial charge in [-0.1, -0.05) is 17.7 Å². The van der Waals surface area contributed by atoms with Gasteiger partial charge in [0.2, 0.25) is 0 Å². The Morgan fingerprint density at radius 1 is 1.33 bits per heavy atom. The van der Waals surface area contributed by atoms with Crippen LogP contribution < -0.4 is 5.32 Å². The fraction of sp³-hybridized carbons (Fsp3) is 0.538. The van der Waals surface area contributed by atoms with Crippen molar-refractivity contribution in [3.8, 4) is 0 Å². The lowest BCUT2D eigenvalue weighted by Gasteiger charge is -2.37. The lowest BCUT2D eigenvalue weighted by Crippen LogP contribution is -2.51. The third-order valence-corrected chi connectivity index (χ3v) is 5.27. The second-order valence-electron chi connectivity index (χ2n) is 5.13. The van der Waals surface area contributed by atoms with Crippen molar-refractivity contribution in [1.29, 1.82) is 0 Å². The number of aryl methyl sites for hydroxylation is 1. The molecule has 0 aromatic heterocycles. The molecular weight excluding hydrogens is 250 g/mol. The Bertz CT molecular complexity index is 510. The zero-order valence-corrected chi connectivity index (χ0v) is 11.3. The standard InChI is InChI=1S/C13H19NO3S/c1-11-3-5-12(6-4-11)14-13(9-15)7-2-8-18(16,17)10-13/h3-6,14-15H,2,7-10H2,1H3. The first-order chi connectivity index (χ1) is 8.45. The third-order valence-electron chi connectivity index (χ3n) is 3.37. The highest BCUT2D eigenvalue weighted by Gasteiger charge is 2.38. The van der Waals surface area contributed by atoms with Gasteiger partial charge in [-0.25, -0.2) is 8.42 Å². The minimum Gasteiger partial charge on any atom is -0.394 e. The Balaban J connectivity index is 2.20. The molecule has 0 bridgehead atoms. The predicted molar refractivity (Wildman–Crippen MR) is 72.5 cm³/mol. The summed E-state index contributed by atoms with van der Waals surface area (Å²) in [5.74, 6) is 0.231. The van der Waals surface area contributed by atoms with Crippen molar-refractivity contribution in [2.75, 3.05) is 23.4 Å². The molecule has 0 saturated carbocycles. The summed E-state index contributed by atoms with van der Waals surface area (Å²) in [4.78, 5) is 0. The SMILES string of the molecule is Cc1ccc(NC2(CO)CCCS(=O)(=O)C2)cc1. The second-order valence-corrected chi connectivity index (χ2v) is 7.31. The van der Waals surface area contributed by atoms with Gasteiger partial charge in [-0.15, -0.1) is 0 Å². The molecular formula is C13H19NO3S. The van der Waals surface area contributed by atoms with Crippen LogP contribution in [-0.2, 0) is 9.84 Å². The maximum absolute atomic E-state index is 11.7. The number of benzene rings is 1. The fourth-order valence-corrected chi connectivity index (χ4v) is 4.28. The Hall–Kier alpha value is -1.07. The number of aliphatic hydroxyl groups is 1. The van der Waals surface area contributed by atoms with E-state index in [0.717, 1.165) is 11.3 Å². The van der Waals surface area contributed by atoms with Gasteiger partial charge < -0.3 is 10.4 Å². The van der Waals surface area contributed by atoms with Crippen molar-refractivity contribution in [2.45, 2.75) is 25.3 Å². The van der Waals surface area contributed by atoms with E-state index in [1.54, 1.807) is 0 Å². The van der Waals surface area contributed by atoms with Gasteiger partial charge >= 0.3 is 0 Å². The van der Waals surface area contributed by atoms with E-state index in [4.69, 9.17) is 0 Å². The summed E-state index contributed by atoms with van der Waals surface area (Å²) in [6.45, 7) is 1.83. The molecule has 1 fully saturated rings. The highest BCUT2D eigenvalue weighted by atomic mass is 32.2. The summed E-state index contributed by atoms with van der Waals surface area (Å²) in [6, 6.07) is 7.75. The van der Waals surface area contributed by atoms with E-state index in [2.05, 4.69) is 5.32 Å². The molecule has 1 heterocycles. The summed E-state index contributed by atoms with van der Waals surface area (Å²) in [7, 11) is -3.05. The normalized spacial score (nSPS) is 26.8. The second kappa shape index (κ2) is 4.90. The molecule has 1 saturated heterocycles. The summed E-state index contributed by atoms with van der Waals surface area (Å²) in [5, 5.41) is 12.8. The van der Waals surface area contributed by atoms with Crippen LogP contribution in [0.15, 0.2) is 24.3 Å². The van der Waals surface area contributed by atoms with Crippen molar-refractivity contribution < 1.29 is 13.5 Å². The first kappa shape index (κ1) is 13.4. The third kappa shape index (κ3) is 3.03. The summed E-state index contributed by atoms with van der Waals surface area (Å²) >= 11 is 0. The van der Waals surface area contributed by atoms with Crippen LogP contribution in [-0.4, -0.2) is 37.2 Å². The van der Waals surface area contributed by atoms with Gasteiger partial charge in [0, 0.05) is 5.69 Å². The largest absolute Gasteiger partial charge is 0.394 e. The van der Waals surface area contributed by atoms with Crippen LogP contribution in [0.1, 0.15) is 18.4 Å². The molecule has 0 amide bonds. The van der Waals surface area contributed by atoms with Crippen LogP contribution in [0.5, 0.6) is 0 Å². The molecule has 1 aliphatic heterocycles. The van der Waals surface area contributed by atoms with Gasteiger partial charge in [-0.3, -0.25) is 0 Å². The molecule has 0 radical (unpaired) electrons. The first-order valence-electron chi connectivity index (χ1n) is 6.11. The minimum absolute atomic E-state index is 0.00434. The van der Waals surface area contributed by atoms with E-state index in [1.807, 2.05) is 31.2 Å². The van der Waals surface area contributed by atoms with Crippen LogP contribution in [0.3, 0.4) is 0 Å². The van der Waals surface area contributed by atoms with Crippen LogP contribution in [0.25, 0.3) is 0 Å². The number of hydrogen-bond donors (Lipinski definition) is 2. The number of rotatable bonds is 3. The summed E-state index contributed by atoms with van der Waals surface area (Å²) < 4.78 is 23.4. The van der Waals surface area contributed by atoms with E-state index in [0.29, 0.717) is 12.8 Å². The molecule has 1 aliphatic rings. The van der Waals surface area contributed by atoms with Crippen LogP contribution in [0, 0.1) is 6.92 Å². The zero-order chi connectivity index (χ0) is 13.2. The van der Waals surface area contributed by atoms with Gasteiger partial charge in [-0.2, -0.15) is 0 Å². The van der Waals surface area contributed by atoms with Crippen molar-refractivity contribution in [1.82, 2.24) is 0 Å². The van der Waals surface area contributed by atoms with Gasteiger partial charge in [-0.05, 0) is 31.9 Å². The number of hydrogen-bond acceptors (Lipinski definition) is 4. The van der Waals surface area contributed by atoms with Gasteiger partial charge in [0.15, 0.2) is 9.84 Å². The molecule has 2 rings (SSSR count). The van der Waals surface area contributed by atoms with Gasteiger partial charge in [0.25, 0.3) is 0 Å². The van der Waals surface area contributed by atoms with E-state index in [1.165, 1.54) is 0 Å². The Morgan fingerprint density at radius 3 is 2.56 bits per heavy atom. The summed E-state index contributed by atoms with van der Waals surface area (Å²) in [5.41, 5.74) is 1.27. The van der Waals surface area contributed by atoms with Gasteiger partial charge in [0.1, 0.15) is 0 Å². The maximum Gasteiger partial charge on any atom is 0.152 e. The number of sulfone groups is 1. The van der Waals surface area contributed by atoms with Crippen LogP contribution >= 0.6 is 0 Å². The maximum atomic E-state index is 11.7. The quantitative estimate of drug-likeness (QED) is 0.869. The van der Waals surface area contributed by atoms with E-state index in [-0.39, 0.29) is 18.1 Å². The molecule has 0 spiro atoms. The van der Waals surface area contributed by atoms with Crippen molar-refractivity contribution in [3.05, 3.63) is 29.8 Å². The molecule has 1 atom stereocenters. The molecule has 1 aromatic rings. The Kier molecular flexibility index (Phi) is 3.64. The first-order valence-corrected chi connectivity index (χ1v) is 7.93. The lowest BCUT2D eigenvalue weighted by molar-refractivity contribution is 0.212. The van der Waals surface area contributed by atoms with Crippen molar-refractivity contribution in [3.63, 3.8) is 0 Å². The molecule has 2 N–H and O–H groups in total. The van der Waals surface area contributed by atoms with Crippen LogP contribution in [0.4, 0.5) is 5.69 Å². The van der Waals surface area contributed by atoms with Gasteiger partial charge in [0.05, 0.1) is 23.7 Å². The average molecular weight is 269 g/mol. The minimum atomic E-state index is -3.05. The highest BCUT2D eigenvalue weighted by Crippen LogP contribution is 2.27. The molecule has 5 heteroatoms. The van der Waals surface area contributed by atoms with E-state index < -0.39 is 15.4 Å². The Morgan fingerprint density at radius 2 is 2.00 bits per heavy atom. The number of anilines is 1. The molecule has 18 heavy (non-hydrogen) atoms. The predicted octanol–water partition coefficient (Wildman–Crippen LogP) is 1.35. The molecule has 0 aliphatic carbocycles.